The Labute approximate surface area is 204 Å². The summed E-state index contributed by atoms with van der Waals surface area (Å²) in [4.78, 5) is 28.7. The lowest BCUT2D eigenvalue weighted by molar-refractivity contribution is 0.0485. The van der Waals surface area contributed by atoms with Gasteiger partial charge in [0.1, 0.15) is 22.9 Å². The summed E-state index contributed by atoms with van der Waals surface area (Å²) in [6.07, 6.45) is 1.41. The number of anilines is 1. The van der Waals surface area contributed by atoms with Crippen LogP contribution < -0.4 is 20.1 Å². The molecule has 0 saturated carbocycles. The van der Waals surface area contributed by atoms with E-state index >= 15 is 0 Å². The number of hydrogen-bond donors (Lipinski definition) is 2. The fourth-order valence-electron chi connectivity index (χ4n) is 4.00. The molecule has 1 aromatic carbocycles. The van der Waals surface area contributed by atoms with Crippen LogP contribution >= 0.6 is 11.8 Å². The van der Waals surface area contributed by atoms with Gasteiger partial charge in [-0.15, -0.1) is 0 Å². The molecule has 1 aromatic rings. The van der Waals surface area contributed by atoms with Crippen molar-refractivity contribution in [1.29, 1.82) is 0 Å². The first kappa shape index (κ1) is 24.2. The number of ether oxygens (including phenoxy) is 3. The smallest absolute Gasteiger partial charge is 0.407 e. The number of amidine groups is 1. The molecular weight excluding hydrogens is 456 g/mol. The summed E-state index contributed by atoms with van der Waals surface area (Å²) in [6, 6.07) is 5.42. The summed E-state index contributed by atoms with van der Waals surface area (Å²) in [5, 5.41) is 6.32. The van der Waals surface area contributed by atoms with Crippen LogP contribution in [0.2, 0.25) is 0 Å². The number of hydrogen-bond acceptors (Lipinski definition) is 10. The van der Waals surface area contributed by atoms with Gasteiger partial charge < -0.3 is 29.7 Å². The van der Waals surface area contributed by atoms with Crippen molar-refractivity contribution in [3.63, 3.8) is 0 Å². The molecule has 1 saturated heterocycles. The van der Waals surface area contributed by atoms with E-state index < -0.39 is 11.7 Å². The number of carbonyl (C=O) groups is 1. The largest absolute Gasteiger partial charge is 0.493 e. The number of piperidine rings is 1. The third kappa shape index (κ3) is 5.75. The molecule has 0 radical (unpaired) electrons. The Balaban J connectivity index is 1.49. The van der Waals surface area contributed by atoms with E-state index in [1.807, 2.05) is 44.5 Å². The maximum absolute atomic E-state index is 12.3. The average molecular weight is 489 g/mol. The molecule has 1 amide bonds. The molecule has 11 heteroatoms. The maximum Gasteiger partial charge on any atom is 0.407 e. The number of likely N-dealkylation sites (tertiary alicyclic amines) is 1. The van der Waals surface area contributed by atoms with Crippen molar-refractivity contribution < 1.29 is 19.0 Å². The van der Waals surface area contributed by atoms with E-state index in [0.29, 0.717) is 24.0 Å². The van der Waals surface area contributed by atoms with Crippen molar-refractivity contribution in [2.75, 3.05) is 32.6 Å². The van der Waals surface area contributed by atoms with Gasteiger partial charge >= 0.3 is 6.09 Å². The zero-order valence-electron chi connectivity index (χ0n) is 20.2. The van der Waals surface area contributed by atoms with Gasteiger partial charge in [0.2, 0.25) is 5.96 Å². The van der Waals surface area contributed by atoms with E-state index in [-0.39, 0.29) is 17.5 Å². The van der Waals surface area contributed by atoms with Gasteiger partial charge in [-0.1, -0.05) is 11.8 Å². The molecule has 34 heavy (non-hydrogen) atoms. The fraction of sp³-hybridized carbons (Fsp3) is 0.565. The zero-order chi connectivity index (χ0) is 24.3. The molecule has 0 spiro atoms. The molecule has 0 aromatic heterocycles. The summed E-state index contributed by atoms with van der Waals surface area (Å²) in [7, 11) is 3.22. The monoisotopic (exact) mass is 488 g/mol. The highest BCUT2D eigenvalue weighted by Crippen LogP contribution is 2.32. The van der Waals surface area contributed by atoms with Crippen LogP contribution in [-0.2, 0) is 4.74 Å². The molecule has 2 N–H and O–H groups in total. The maximum atomic E-state index is 12.3. The molecule has 3 aliphatic heterocycles. The van der Waals surface area contributed by atoms with Crippen LogP contribution in [0.1, 0.15) is 33.6 Å². The lowest BCUT2D eigenvalue weighted by Gasteiger charge is -2.36. The van der Waals surface area contributed by atoms with Gasteiger partial charge in [0, 0.05) is 30.9 Å². The van der Waals surface area contributed by atoms with Gasteiger partial charge in [-0.25, -0.2) is 9.79 Å². The predicted octanol–water partition coefficient (Wildman–Crippen LogP) is 3.34. The van der Waals surface area contributed by atoms with Crippen molar-refractivity contribution in [1.82, 2.24) is 10.2 Å². The molecule has 4 rings (SSSR count). The molecule has 0 aliphatic carbocycles. The van der Waals surface area contributed by atoms with Crippen LogP contribution in [0.15, 0.2) is 33.2 Å². The van der Waals surface area contributed by atoms with Gasteiger partial charge in [0.25, 0.3) is 0 Å². The van der Waals surface area contributed by atoms with Crippen molar-refractivity contribution >= 4 is 40.9 Å². The first-order chi connectivity index (χ1) is 16.3. The molecule has 10 nitrogen and oxygen atoms in total. The van der Waals surface area contributed by atoms with E-state index in [9.17, 15) is 4.79 Å². The SMILES string of the molecule is COc1ccc(NC2=NC(N3CCCC(NC(=O)OC(C)(C)C)C3)=NC3SC=NC23)cc1OC. The number of nitrogens with zero attached hydrogens (tertiary/aromatic N) is 4. The Hall–Kier alpha value is -2.95. The summed E-state index contributed by atoms with van der Waals surface area (Å²) in [5.41, 5.74) is 2.12. The second-order valence-corrected chi connectivity index (χ2v) is 10.2. The Morgan fingerprint density at radius 2 is 2.00 bits per heavy atom. The Morgan fingerprint density at radius 3 is 2.74 bits per heavy atom. The minimum Gasteiger partial charge on any atom is -0.493 e. The first-order valence-corrected chi connectivity index (χ1v) is 12.3. The third-order valence-corrected chi connectivity index (χ3v) is 6.40. The van der Waals surface area contributed by atoms with Crippen LogP contribution in [0.4, 0.5) is 10.5 Å². The van der Waals surface area contributed by atoms with Crippen molar-refractivity contribution in [3.05, 3.63) is 18.2 Å². The number of aliphatic imine (C=N–C) groups is 3. The lowest BCUT2D eigenvalue weighted by Crippen LogP contribution is -2.51. The summed E-state index contributed by atoms with van der Waals surface area (Å²) in [5.74, 6) is 2.67. The van der Waals surface area contributed by atoms with Crippen LogP contribution in [0.25, 0.3) is 0 Å². The molecule has 0 bridgehead atoms. The van der Waals surface area contributed by atoms with E-state index in [1.165, 1.54) is 0 Å². The fourth-order valence-corrected chi connectivity index (χ4v) is 4.83. The molecular formula is C23H32N6O4S. The predicted molar refractivity (Wildman–Crippen MR) is 136 cm³/mol. The van der Waals surface area contributed by atoms with Crippen molar-refractivity contribution in [2.45, 2.75) is 56.7 Å². The van der Waals surface area contributed by atoms with E-state index in [1.54, 1.807) is 26.0 Å². The lowest BCUT2D eigenvalue weighted by atomic mass is 10.1. The number of rotatable bonds is 4. The number of fused-ring (bicyclic) bond motifs is 1. The second kappa shape index (κ2) is 10.1. The number of thioether (sulfide) groups is 1. The topological polar surface area (TPSA) is 109 Å². The molecule has 184 valence electrons. The van der Waals surface area contributed by atoms with E-state index in [2.05, 4.69) is 20.5 Å². The molecule has 3 aliphatic rings. The number of carbonyl (C=O) groups excluding carboxylic acids is 1. The van der Waals surface area contributed by atoms with Gasteiger partial charge in [-0.2, -0.15) is 4.99 Å². The number of alkyl carbamates (subject to hydrolysis) is 1. The minimum atomic E-state index is -0.532. The second-order valence-electron chi connectivity index (χ2n) is 9.28. The van der Waals surface area contributed by atoms with Crippen LogP contribution in [0, 0.1) is 0 Å². The molecule has 3 heterocycles. The number of amides is 1. The van der Waals surface area contributed by atoms with Crippen molar-refractivity contribution in [3.8, 4) is 11.5 Å². The van der Waals surface area contributed by atoms with Crippen molar-refractivity contribution in [2.24, 2.45) is 15.0 Å². The van der Waals surface area contributed by atoms with Crippen LogP contribution in [-0.4, -0.2) is 78.7 Å². The van der Waals surface area contributed by atoms with Crippen LogP contribution in [0.3, 0.4) is 0 Å². The highest BCUT2D eigenvalue weighted by atomic mass is 32.2. The number of guanidine groups is 1. The highest BCUT2D eigenvalue weighted by molar-refractivity contribution is 8.13. The normalized spacial score (nSPS) is 24.0. The summed E-state index contributed by atoms with van der Waals surface area (Å²) >= 11 is 1.58. The van der Waals surface area contributed by atoms with Crippen LogP contribution in [0.5, 0.6) is 11.5 Å². The van der Waals surface area contributed by atoms with Gasteiger partial charge in [0.05, 0.1) is 19.8 Å². The number of benzene rings is 1. The number of nitrogens with one attached hydrogen (secondary N) is 2. The van der Waals surface area contributed by atoms with Gasteiger partial charge in [-0.05, 0) is 45.7 Å². The minimum absolute atomic E-state index is 0.0334. The molecule has 3 unspecified atom stereocenters. The molecule has 3 atom stereocenters. The van der Waals surface area contributed by atoms with E-state index in [4.69, 9.17) is 24.2 Å². The highest BCUT2D eigenvalue weighted by Gasteiger charge is 2.36. The Morgan fingerprint density at radius 1 is 1.21 bits per heavy atom. The van der Waals surface area contributed by atoms with Gasteiger partial charge in [0.15, 0.2) is 11.5 Å². The van der Waals surface area contributed by atoms with E-state index in [0.717, 1.165) is 30.9 Å². The quantitative estimate of drug-likeness (QED) is 0.669. The Bertz CT molecular complexity index is 1010. The number of methoxy groups -OCH3 is 2. The Kier molecular flexibility index (Phi) is 7.20. The average Bonchev–Trinajstić information content (AvgIpc) is 3.27. The summed E-state index contributed by atoms with van der Waals surface area (Å²) in [6.45, 7) is 7.01. The molecule has 1 fully saturated rings. The third-order valence-electron chi connectivity index (χ3n) is 5.52. The zero-order valence-corrected chi connectivity index (χ0v) is 21.0. The summed E-state index contributed by atoms with van der Waals surface area (Å²) < 4.78 is 16.2. The standard InChI is InChI=1S/C23H32N6O4S/c1-23(2,3)33-22(30)26-15-7-6-10-29(12-15)21-27-19(18-20(28-21)34-13-24-18)25-14-8-9-16(31-4)17(11-14)32-5/h8-9,11,13,15,18,20H,6-7,10,12H2,1-5H3,(H,26,30)(H,25,27,28). The first-order valence-electron chi connectivity index (χ1n) is 11.3. The van der Waals surface area contributed by atoms with Gasteiger partial charge in [-0.3, -0.25) is 4.99 Å².